The Balaban J connectivity index is 2.17. The Morgan fingerprint density at radius 2 is 1.83 bits per heavy atom. The van der Waals surface area contributed by atoms with E-state index in [0.29, 0.717) is 18.1 Å². The largest absolute Gasteiger partial charge is 0.308 e. The van der Waals surface area contributed by atoms with E-state index in [1.54, 1.807) is 0 Å². The molecule has 100 valence electrons. The molecule has 1 aliphatic rings. The summed E-state index contributed by atoms with van der Waals surface area (Å²) < 4.78 is 0. The van der Waals surface area contributed by atoms with Gasteiger partial charge in [0.1, 0.15) is 0 Å². The van der Waals surface area contributed by atoms with Gasteiger partial charge >= 0.3 is 0 Å². The molecule has 1 aromatic rings. The second kappa shape index (κ2) is 5.85. The molecular formula is C16H26N2. The zero-order valence-corrected chi connectivity index (χ0v) is 12.1. The van der Waals surface area contributed by atoms with Gasteiger partial charge in [-0.1, -0.05) is 30.3 Å². The lowest BCUT2D eigenvalue weighted by molar-refractivity contribution is 0.127. The molecule has 0 aliphatic carbocycles. The molecule has 1 saturated heterocycles. The molecule has 1 aliphatic heterocycles. The average Bonchev–Trinajstić information content (AvgIpc) is 2.73. The van der Waals surface area contributed by atoms with Crippen molar-refractivity contribution in [2.45, 2.75) is 44.8 Å². The Hall–Kier alpha value is -0.860. The van der Waals surface area contributed by atoms with Crippen LogP contribution < -0.4 is 0 Å². The molecule has 0 bridgehead atoms. The number of hydrogen-bond donors (Lipinski definition) is 0. The van der Waals surface area contributed by atoms with Gasteiger partial charge in [-0.2, -0.15) is 0 Å². The maximum Gasteiger partial charge on any atom is 0.0354 e. The lowest BCUT2D eigenvalue weighted by Crippen LogP contribution is -2.42. The first-order chi connectivity index (χ1) is 8.59. The van der Waals surface area contributed by atoms with Crippen molar-refractivity contribution < 1.29 is 0 Å². The fourth-order valence-corrected chi connectivity index (χ4v) is 3.31. The summed E-state index contributed by atoms with van der Waals surface area (Å²) in [6, 6.07) is 12.9. The summed E-state index contributed by atoms with van der Waals surface area (Å²) >= 11 is 0. The van der Waals surface area contributed by atoms with Crippen molar-refractivity contribution in [2.24, 2.45) is 0 Å². The Morgan fingerprint density at radius 1 is 1.17 bits per heavy atom. The summed E-state index contributed by atoms with van der Waals surface area (Å²) in [5.41, 5.74) is 1.48. The maximum atomic E-state index is 2.70. The quantitative estimate of drug-likeness (QED) is 0.805. The molecule has 0 aromatic heterocycles. The first-order valence-electron chi connectivity index (χ1n) is 7.06. The van der Waals surface area contributed by atoms with E-state index in [1.165, 1.54) is 24.9 Å². The van der Waals surface area contributed by atoms with Crippen LogP contribution in [0.2, 0.25) is 0 Å². The SMILES string of the molecule is CC(C)N1[C@@H](CN(C)C)CC[C@H]1c1ccccc1. The van der Waals surface area contributed by atoms with Crippen LogP contribution in [0.15, 0.2) is 30.3 Å². The van der Waals surface area contributed by atoms with Gasteiger partial charge in [-0.3, -0.25) is 4.90 Å². The zero-order chi connectivity index (χ0) is 13.1. The second-order valence-corrected chi connectivity index (χ2v) is 5.96. The van der Waals surface area contributed by atoms with Gasteiger partial charge in [0.25, 0.3) is 0 Å². The van der Waals surface area contributed by atoms with E-state index in [1.807, 2.05) is 0 Å². The predicted molar refractivity (Wildman–Crippen MR) is 77.7 cm³/mol. The third-order valence-electron chi connectivity index (χ3n) is 3.91. The number of likely N-dealkylation sites (N-methyl/N-ethyl adjacent to an activating group) is 1. The summed E-state index contributed by atoms with van der Waals surface area (Å²) in [6.07, 6.45) is 2.61. The highest BCUT2D eigenvalue weighted by atomic mass is 15.3. The summed E-state index contributed by atoms with van der Waals surface area (Å²) in [7, 11) is 4.35. The monoisotopic (exact) mass is 246 g/mol. The lowest BCUT2D eigenvalue weighted by atomic mass is 10.0. The molecule has 2 nitrogen and oxygen atoms in total. The Labute approximate surface area is 112 Å². The van der Waals surface area contributed by atoms with Crippen LogP contribution in [-0.2, 0) is 0 Å². The van der Waals surface area contributed by atoms with Gasteiger partial charge in [0.15, 0.2) is 0 Å². The maximum absolute atomic E-state index is 2.70. The van der Waals surface area contributed by atoms with Crippen LogP contribution in [0.5, 0.6) is 0 Å². The van der Waals surface area contributed by atoms with Crippen molar-refractivity contribution in [1.82, 2.24) is 9.80 Å². The molecule has 18 heavy (non-hydrogen) atoms. The fraction of sp³-hybridized carbons (Fsp3) is 0.625. The third kappa shape index (κ3) is 2.93. The van der Waals surface area contributed by atoms with E-state index in [0.717, 1.165) is 0 Å². The highest BCUT2D eigenvalue weighted by molar-refractivity contribution is 5.21. The first-order valence-corrected chi connectivity index (χ1v) is 7.06. The van der Waals surface area contributed by atoms with E-state index < -0.39 is 0 Å². The molecule has 1 aromatic carbocycles. The summed E-state index contributed by atoms with van der Waals surface area (Å²) in [5.74, 6) is 0. The molecule has 1 heterocycles. The van der Waals surface area contributed by atoms with Gasteiger partial charge in [0.2, 0.25) is 0 Å². The Morgan fingerprint density at radius 3 is 2.39 bits per heavy atom. The van der Waals surface area contributed by atoms with Crippen molar-refractivity contribution in [2.75, 3.05) is 20.6 Å². The molecule has 0 unspecified atom stereocenters. The van der Waals surface area contributed by atoms with Crippen LogP contribution in [0.1, 0.15) is 38.3 Å². The third-order valence-corrected chi connectivity index (χ3v) is 3.91. The van der Waals surface area contributed by atoms with Gasteiger partial charge in [-0.25, -0.2) is 0 Å². The molecule has 0 N–H and O–H groups in total. The van der Waals surface area contributed by atoms with Crippen molar-refractivity contribution in [3.05, 3.63) is 35.9 Å². The average molecular weight is 246 g/mol. The minimum atomic E-state index is 0.608. The van der Waals surface area contributed by atoms with Crippen LogP contribution >= 0.6 is 0 Å². The van der Waals surface area contributed by atoms with Crippen LogP contribution in [-0.4, -0.2) is 42.5 Å². The van der Waals surface area contributed by atoms with Gasteiger partial charge in [-0.05, 0) is 46.3 Å². The van der Waals surface area contributed by atoms with Gasteiger partial charge < -0.3 is 4.90 Å². The van der Waals surface area contributed by atoms with Crippen molar-refractivity contribution in [3.8, 4) is 0 Å². The smallest absolute Gasteiger partial charge is 0.0354 e. The molecular weight excluding hydrogens is 220 g/mol. The number of likely N-dealkylation sites (tertiary alicyclic amines) is 1. The normalized spacial score (nSPS) is 25.2. The van der Waals surface area contributed by atoms with Gasteiger partial charge in [-0.15, -0.1) is 0 Å². The van der Waals surface area contributed by atoms with Crippen molar-refractivity contribution in [1.29, 1.82) is 0 Å². The van der Waals surface area contributed by atoms with Crippen LogP contribution in [0.25, 0.3) is 0 Å². The summed E-state index contributed by atoms with van der Waals surface area (Å²) in [4.78, 5) is 5.02. The first kappa shape index (κ1) is 13.6. The number of hydrogen-bond acceptors (Lipinski definition) is 2. The minimum absolute atomic E-state index is 0.608. The minimum Gasteiger partial charge on any atom is -0.308 e. The van der Waals surface area contributed by atoms with Crippen molar-refractivity contribution >= 4 is 0 Å². The standard InChI is InChI=1S/C16H26N2/c1-13(2)18-15(12-17(3)4)10-11-16(18)14-8-6-5-7-9-14/h5-9,13,15-16H,10-12H2,1-4H3/t15-,16+/m1/s1. The zero-order valence-electron chi connectivity index (χ0n) is 12.1. The predicted octanol–water partition coefficient (Wildman–Crippen LogP) is 3.16. The molecule has 2 rings (SSSR count). The van der Waals surface area contributed by atoms with E-state index in [9.17, 15) is 0 Å². The van der Waals surface area contributed by atoms with Crippen LogP contribution in [0.4, 0.5) is 0 Å². The van der Waals surface area contributed by atoms with Crippen LogP contribution in [0, 0.1) is 0 Å². The number of nitrogens with zero attached hydrogens (tertiary/aromatic N) is 2. The Kier molecular flexibility index (Phi) is 4.41. The number of benzene rings is 1. The molecule has 0 amide bonds. The van der Waals surface area contributed by atoms with Gasteiger partial charge in [0, 0.05) is 24.7 Å². The van der Waals surface area contributed by atoms with Gasteiger partial charge in [0.05, 0.1) is 0 Å². The van der Waals surface area contributed by atoms with E-state index in [4.69, 9.17) is 0 Å². The molecule has 2 heteroatoms. The molecule has 2 atom stereocenters. The van der Waals surface area contributed by atoms with E-state index >= 15 is 0 Å². The van der Waals surface area contributed by atoms with E-state index in [-0.39, 0.29) is 0 Å². The van der Waals surface area contributed by atoms with Crippen molar-refractivity contribution in [3.63, 3.8) is 0 Å². The summed E-state index contributed by atoms with van der Waals surface area (Å²) in [6.45, 7) is 5.81. The summed E-state index contributed by atoms with van der Waals surface area (Å²) in [5, 5.41) is 0. The number of rotatable bonds is 4. The topological polar surface area (TPSA) is 6.48 Å². The van der Waals surface area contributed by atoms with Crippen LogP contribution in [0.3, 0.4) is 0 Å². The molecule has 0 radical (unpaired) electrons. The highest BCUT2D eigenvalue weighted by Gasteiger charge is 2.35. The molecule has 0 saturated carbocycles. The molecule has 1 fully saturated rings. The molecule has 0 spiro atoms. The lowest BCUT2D eigenvalue weighted by Gasteiger charge is -2.35. The fourth-order valence-electron chi connectivity index (χ4n) is 3.31. The second-order valence-electron chi connectivity index (χ2n) is 5.96. The van der Waals surface area contributed by atoms with E-state index in [2.05, 4.69) is 68.1 Å². The Bertz CT molecular complexity index is 359. The highest BCUT2D eigenvalue weighted by Crippen LogP contribution is 2.37.